The number of allylic oxidation sites excluding steroid dienone is 4. The maximum absolute atomic E-state index is 6.56. The minimum Gasteiger partial charge on any atom is -0.456 e. The number of nitrogens with zero attached hydrogens (tertiary/aromatic N) is 3. The molecule has 0 atom stereocenters. The first kappa shape index (κ1) is 32.5. The molecule has 0 N–H and O–H groups in total. The number of fused-ring (bicyclic) bond motifs is 3. The lowest BCUT2D eigenvalue weighted by molar-refractivity contribution is 0.669. The van der Waals surface area contributed by atoms with Crippen molar-refractivity contribution >= 4 is 33.1 Å². The van der Waals surface area contributed by atoms with Crippen molar-refractivity contribution < 1.29 is 4.42 Å². The summed E-state index contributed by atoms with van der Waals surface area (Å²) < 4.78 is 6.56. The second-order valence-electron chi connectivity index (χ2n) is 13.8. The molecule has 0 spiro atoms. The van der Waals surface area contributed by atoms with E-state index in [-0.39, 0.29) is 0 Å². The second-order valence-corrected chi connectivity index (χ2v) is 13.8. The Bertz CT molecular complexity index is 2890. The highest BCUT2D eigenvalue weighted by molar-refractivity contribution is 6.13. The highest BCUT2D eigenvalue weighted by Gasteiger charge is 2.22. The van der Waals surface area contributed by atoms with Crippen LogP contribution in [0.25, 0.3) is 89.2 Å². The fourth-order valence-corrected chi connectivity index (χ4v) is 7.75. The molecule has 0 unspecified atom stereocenters. The van der Waals surface area contributed by atoms with Crippen molar-refractivity contribution in [1.82, 2.24) is 15.0 Å². The minimum absolute atomic E-state index is 0.609. The summed E-state index contributed by atoms with van der Waals surface area (Å²) in [5.41, 5.74) is 13.7. The molecule has 9 aromatic rings. The van der Waals surface area contributed by atoms with Crippen LogP contribution >= 0.6 is 0 Å². The molecule has 0 radical (unpaired) electrons. The van der Waals surface area contributed by atoms with Crippen LogP contribution in [0.4, 0.5) is 0 Å². The van der Waals surface area contributed by atoms with Crippen LogP contribution in [0.1, 0.15) is 24.2 Å². The highest BCUT2D eigenvalue weighted by Crippen LogP contribution is 2.42. The van der Waals surface area contributed by atoms with E-state index in [0.29, 0.717) is 17.5 Å². The maximum atomic E-state index is 6.56. The van der Waals surface area contributed by atoms with Gasteiger partial charge in [0.25, 0.3) is 0 Å². The molecule has 0 bridgehead atoms. The Morgan fingerprint density at radius 1 is 0.345 bits per heavy atom. The van der Waals surface area contributed by atoms with Crippen molar-refractivity contribution in [2.24, 2.45) is 0 Å². The monoisotopic (exact) mass is 705 g/mol. The van der Waals surface area contributed by atoms with Crippen LogP contribution in [0, 0.1) is 0 Å². The van der Waals surface area contributed by atoms with E-state index in [0.717, 1.165) is 73.7 Å². The average molecular weight is 706 g/mol. The number of benzene rings is 7. The molecule has 55 heavy (non-hydrogen) atoms. The van der Waals surface area contributed by atoms with Crippen molar-refractivity contribution in [2.75, 3.05) is 0 Å². The van der Waals surface area contributed by atoms with Gasteiger partial charge in [0.1, 0.15) is 11.2 Å². The fraction of sp³-hybridized carbons (Fsp3) is 0.0392. The van der Waals surface area contributed by atoms with Gasteiger partial charge in [0.2, 0.25) is 0 Å². The summed E-state index contributed by atoms with van der Waals surface area (Å²) in [5.74, 6) is 1.90. The topological polar surface area (TPSA) is 51.8 Å². The van der Waals surface area contributed by atoms with Crippen LogP contribution < -0.4 is 0 Å². The van der Waals surface area contributed by atoms with Crippen LogP contribution in [0.15, 0.2) is 192 Å². The van der Waals surface area contributed by atoms with Gasteiger partial charge in [-0.2, -0.15) is 0 Å². The van der Waals surface area contributed by atoms with Crippen molar-refractivity contribution in [3.63, 3.8) is 0 Å². The third-order valence-electron chi connectivity index (χ3n) is 10.4. The predicted octanol–water partition coefficient (Wildman–Crippen LogP) is 13.4. The van der Waals surface area contributed by atoms with Crippen LogP contribution in [0.3, 0.4) is 0 Å². The molecule has 0 amide bonds. The molecular weight excluding hydrogens is 671 g/mol. The normalized spacial score (nSPS) is 12.8. The van der Waals surface area contributed by atoms with E-state index in [4.69, 9.17) is 19.4 Å². The van der Waals surface area contributed by atoms with Crippen molar-refractivity contribution in [3.05, 3.63) is 199 Å². The lowest BCUT2D eigenvalue weighted by Crippen LogP contribution is -2.05. The molecule has 0 aliphatic heterocycles. The summed E-state index contributed by atoms with van der Waals surface area (Å²) in [6.45, 7) is 0. The SMILES string of the molecule is C1=C(c2ccccc2)C(c2nc(-c3ccccc3)nc(-c3cccc4oc5ccc(-c6cc(-c7ccccc7)ccc6-c6ccccc6)cc5c34)n2)=CCC1. The molecule has 2 aromatic heterocycles. The number of aromatic nitrogens is 3. The van der Waals surface area contributed by atoms with E-state index in [9.17, 15) is 0 Å². The van der Waals surface area contributed by atoms with Gasteiger partial charge in [0.15, 0.2) is 17.5 Å². The van der Waals surface area contributed by atoms with E-state index in [1.165, 1.54) is 22.3 Å². The molecule has 4 heteroatoms. The van der Waals surface area contributed by atoms with Crippen LogP contribution in [0.5, 0.6) is 0 Å². The summed E-state index contributed by atoms with van der Waals surface area (Å²) in [6.07, 6.45) is 6.47. The second kappa shape index (κ2) is 14.0. The Hall–Kier alpha value is -7.17. The van der Waals surface area contributed by atoms with E-state index < -0.39 is 0 Å². The Kier molecular flexibility index (Phi) is 8.27. The van der Waals surface area contributed by atoms with Crippen LogP contribution in [0.2, 0.25) is 0 Å². The Balaban J connectivity index is 1.18. The third-order valence-corrected chi connectivity index (χ3v) is 10.4. The Morgan fingerprint density at radius 3 is 1.67 bits per heavy atom. The largest absolute Gasteiger partial charge is 0.456 e. The quantitative estimate of drug-likeness (QED) is 0.166. The molecule has 7 aromatic carbocycles. The standard InChI is InChI=1S/C51H35N3O/c1-5-16-34(17-6-1)38-28-30-41(36-20-9-3-10-21-36)44(32-38)39-29-31-46-45(33-39)48-43(26-15-27-47(48)55-46)51-53-49(37-22-11-4-12-23-37)52-50(54-51)42-25-14-13-24-40(42)35-18-7-2-8-19-35/h1-12,15-33H,13-14H2. The van der Waals surface area contributed by atoms with Crippen molar-refractivity contribution in [3.8, 4) is 56.2 Å². The van der Waals surface area contributed by atoms with Gasteiger partial charge in [-0.25, -0.2) is 15.0 Å². The minimum atomic E-state index is 0.609. The lowest BCUT2D eigenvalue weighted by atomic mass is 9.90. The average Bonchev–Trinajstić information content (AvgIpc) is 3.65. The van der Waals surface area contributed by atoms with Crippen LogP contribution in [-0.4, -0.2) is 15.0 Å². The van der Waals surface area contributed by atoms with Crippen LogP contribution in [-0.2, 0) is 0 Å². The molecule has 2 heterocycles. The van der Waals surface area contributed by atoms with E-state index in [1.807, 2.05) is 30.3 Å². The first-order chi connectivity index (χ1) is 27.3. The first-order valence-corrected chi connectivity index (χ1v) is 18.8. The van der Waals surface area contributed by atoms with E-state index in [2.05, 4.69) is 158 Å². The summed E-state index contributed by atoms with van der Waals surface area (Å²) in [6, 6.07) is 61.3. The predicted molar refractivity (Wildman–Crippen MR) is 226 cm³/mol. The molecule has 1 aliphatic rings. The molecule has 0 saturated heterocycles. The highest BCUT2D eigenvalue weighted by atomic mass is 16.3. The molecule has 10 rings (SSSR count). The number of hydrogen-bond acceptors (Lipinski definition) is 4. The summed E-state index contributed by atoms with van der Waals surface area (Å²) in [7, 11) is 0. The van der Waals surface area contributed by atoms with Crippen molar-refractivity contribution in [1.29, 1.82) is 0 Å². The van der Waals surface area contributed by atoms with Gasteiger partial charge in [-0.15, -0.1) is 0 Å². The zero-order valence-electron chi connectivity index (χ0n) is 30.1. The molecule has 0 saturated carbocycles. The van der Waals surface area contributed by atoms with Gasteiger partial charge in [-0.1, -0.05) is 164 Å². The molecular formula is C51H35N3O. The van der Waals surface area contributed by atoms with Gasteiger partial charge >= 0.3 is 0 Å². The van der Waals surface area contributed by atoms with Gasteiger partial charge in [-0.05, 0) is 81.6 Å². The number of hydrogen-bond donors (Lipinski definition) is 0. The Labute approximate surface area is 319 Å². The zero-order valence-corrected chi connectivity index (χ0v) is 30.1. The lowest BCUT2D eigenvalue weighted by Gasteiger charge is -2.17. The first-order valence-electron chi connectivity index (χ1n) is 18.8. The fourth-order valence-electron chi connectivity index (χ4n) is 7.75. The smallest absolute Gasteiger partial charge is 0.164 e. The number of furan rings is 1. The maximum Gasteiger partial charge on any atom is 0.164 e. The summed E-state index contributed by atoms with van der Waals surface area (Å²) in [4.78, 5) is 15.6. The summed E-state index contributed by atoms with van der Waals surface area (Å²) in [5, 5.41) is 1.99. The van der Waals surface area contributed by atoms with Gasteiger partial charge in [-0.3, -0.25) is 0 Å². The molecule has 260 valence electrons. The Morgan fingerprint density at radius 2 is 0.945 bits per heavy atom. The zero-order chi connectivity index (χ0) is 36.6. The third kappa shape index (κ3) is 6.14. The van der Waals surface area contributed by atoms with E-state index >= 15 is 0 Å². The summed E-state index contributed by atoms with van der Waals surface area (Å²) >= 11 is 0. The van der Waals surface area contributed by atoms with Gasteiger partial charge in [0, 0.05) is 27.5 Å². The van der Waals surface area contributed by atoms with Crippen molar-refractivity contribution in [2.45, 2.75) is 12.8 Å². The van der Waals surface area contributed by atoms with E-state index in [1.54, 1.807) is 0 Å². The molecule has 1 aliphatic carbocycles. The number of rotatable bonds is 7. The molecule has 4 nitrogen and oxygen atoms in total. The van der Waals surface area contributed by atoms with Gasteiger partial charge < -0.3 is 4.42 Å². The molecule has 0 fully saturated rings. The van der Waals surface area contributed by atoms with Gasteiger partial charge in [0.05, 0.1) is 0 Å².